The Balaban J connectivity index is 1.79. The van der Waals surface area contributed by atoms with Crippen LogP contribution in [0, 0.1) is 0 Å². The number of carbonyl (C=O) groups excluding carboxylic acids is 1. The molecule has 0 saturated carbocycles. The number of nitrogens with zero attached hydrogens (tertiary/aromatic N) is 3. The summed E-state index contributed by atoms with van der Waals surface area (Å²) in [5, 5.41) is 14.3. The van der Waals surface area contributed by atoms with Gasteiger partial charge in [0.05, 0.1) is 12.2 Å². The molecular weight excluding hydrogens is 218 g/mol. The minimum atomic E-state index is 0.139. The Bertz CT molecular complexity index is 376. The van der Waals surface area contributed by atoms with Crippen molar-refractivity contribution >= 4 is 5.91 Å². The van der Waals surface area contributed by atoms with Gasteiger partial charge in [-0.2, -0.15) is 0 Å². The predicted octanol–water partition coefficient (Wildman–Crippen LogP) is 0.0563. The number of hydrogen-bond acceptors (Lipinski definition) is 4. The van der Waals surface area contributed by atoms with Crippen LogP contribution in [0.4, 0.5) is 0 Å². The molecule has 17 heavy (non-hydrogen) atoms. The predicted molar refractivity (Wildman–Crippen MR) is 63.2 cm³/mol. The second-order valence-electron chi connectivity index (χ2n) is 4.41. The summed E-state index contributed by atoms with van der Waals surface area (Å²) >= 11 is 0. The lowest BCUT2D eigenvalue weighted by atomic mass is 10.2. The van der Waals surface area contributed by atoms with Gasteiger partial charge in [0.1, 0.15) is 0 Å². The van der Waals surface area contributed by atoms with Crippen LogP contribution in [0.5, 0.6) is 0 Å². The fourth-order valence-corrected chi connectivity index (χ4v) is 1.94. The highest BCUT2D eigenvalue weighted by molar-refractivity contribution is 5.78. The summed E-state index contributed by atoms with van der Waals surface area (Å²) in [4.78, 5) is 11.1. The molecule has 2 rings (SSSR count). The van der Waals surface area contributed by atoms with Crippen LogP contribution in [0.2, 0.25) is 0 Å². The van der Waals surface area contributed by atoms with Crippen molar-refractivity contribution in [3.8, 4) is 0 Å². The van der Waals surface area contributed by atoms with Crippen molar-refractivity contribution in [2.75, 3.05) is 6.54 Å². The molecule has 1 aromatic heterocycles. The minimum Gasteiger partial charge on any atom is -0.351 e. The third-order valence-electron chi connectivity index (χ3n) is 2.81. The van der Waals surface area contributed by atoms with Crippen LogP contribution in [0.3, 0.4) is 0 Å². The average molecular weight is 237 g/mol. The van der Waals surface area contributed by atoms with E-state index >= 15 is 0 Å². The lowest BCUT2D eigenvalue weighted by Gasteiger charge is -2.08. The summed E-state index contributed by atoms with van der Waals surface area (Å²) < 4.78 is 1.80. The highest BCUT2D eigenvalue weighted by Crippen LogP contribution is 2.08. The van der Waals surface area contributed by atoms with E-state index in [0.717, 1.165) is 31.6 Å². The van der Waals surface area contributed by atoms with E-state index < -0.39 is 0 Å². The molecule has 0 aliphatic carbocycles. The molecular formula is C11H19N5O. The van der Waals surface area contributed by atoms with Crippen LogP contribution in [0.1, 0.15) is 31.9 Å². The number of carbonyl (C=O) groups is 1. The van der Waals surface area contributed by atoms with Crippen molar-refractivity contribution in [3.63, 3.8) is 0 Å². The smallest absolute Gasteiger partial charge is 0.220 e. The summed E-state index contributed by atoms with van der Waals surface area (Å²) in [5.74, 6) is 0.139. The number of hydrogen-bond donors (Lipinski definition) is 2. The maximum absolute atomic E-state index is 11.1. The maximum Gasteiger partial charge on any atom is 0.220 e. The van der Waals surface area contributed by atoms with E-state index in [9.17, 15) is 4.79 Å². The highest BCUT2D eigenvalue weighted by atomic mass is 16.1. The van der Waals surface area contributed by atoms with Crippen molar-refractivity contribution in [1.82, 2.24) is 25.6 Å². The van der Waals surface area contributed by atoms with E-state index in [0.29, 0.717) is 13.0 Å². The molecule has 6 heteroatoms. The van der Waals surface area contributed by atoms with Crippen LogP contribution >= 0.6 is 0 Å². The van der Waals surface area contributed by atoms with Crippen LogP contribution in [0.25, 0.3) is 0 Å². The topological polar surface area (TPSA) is 71.8 Å². The van der Waals surface area contributed by atoms with Gasteiger partial charge in [0, 0.05) is 25.2 Å². The minimum absolute atomic E-state index is 0.139. The van der Waals surface area contributed by atoms with E-state index in [1.54, 1.807) is 4.68 Å². The van der Waals surface area contributed by atoms with Gasteiger partial charge in [0.25, 0.3) is 0 Å². The molecule has 1 fully saturated rings. The van der Waals surface area contributed by atoms with Gasteiger partial charge in [-0.05, 0) is 19.4 Å². The molecule has 1 saturated heterocycles. The van der Waals surface area contributed by atoms with E-state index in [1.807, 2.05) is 6.20 Å². The molecule has 1 unspecified atom stereocenters. The van der Waals surface area contributed by atoms with Gasteiger partial charge in [-0.25, -0.2) is 0 Å². The number of amides is 1. The Hall–Kier alpha value is -1.43. The normalized spacial score (nSPS) is 19.6. The first-order valence-electron chi connectivity index (χ1n) is 6.17. The van der Waals surface area contributed by atoms with Crippen molar-refractivity contribution in [1.29, 1.82) is 0 Å². The molecule has 1 aliphatic heterocycles. The van der Waals surface area contributed by atoms with Crippen LogP contribution in [-0.4, -0.2) is 33.5 Å². The molecule has 0 radical (unpaired) electrons. The van der Waals surface area contributed by atoms with Crippen molar-refractivity contribution in [2.24, 2.45) is 0 Å². The monoisotopic (exact) mass is 237 g/mol. The molecule has 1 amide bonds. The number of rotatable bonds is 6. The summed E-state index contributed by atoms with van der Waals surface area (Å²) in [6.45, 7) is 4.59. The summed E-state index contributed by atoms with van der Waals surface area (Å²) in [5.41, 5.74) is 0.947. The van der Waals surface area contributed by atoms with Crippen LogP contribution in [-0.2, 0) is 17.9 Å². The zero-order valence-electron chi connectivity index (χ0n) is 10.1. The SMILES string of the molecule is CCCNCc1cn(CC2CCC(=O)N2)nn1. The van der Waals surface area contributed by atoms with Crippen LogP contribution < -0.4 is 10.6 Å². The van der Waals surface area contributed by atoms with Crippen molar-refractivity contribution < 1.29 is 4.79 Å². The molecule has 2 N–H and O–H groups in total. The first kappa shape index (κ1) is 12.0. The van der Waals surface area contributed by atoms with Gasteiger partial charge in [0.15, 0.2) is 0 Å². The van der Waals surface area contributed by atoms with Crippen molar-refractivity contribution in [3.05, 3.63) is 11.9 Å². The molecule has 1 aliphatic rings. The van der Waals surface area contributed by atoms with Gasteiger partial charge < -0.3 is 10.6 Å². The Morgan fingerprint density at radius 2 is 2.53 bits per heavy atom. The largest absolute Gasteiger partial charge is 0.351 e. The molecule has 0 aromatic carbocycles. The van der Waals surface area contributed by atoms with E-state index in [2.05, 4.69) is 27.9 Å². The van der Waals surface area contributed by atoms with Gasteiger partial charge in [-0.15, -0.1) is 5.10 Å². The third-order valence-corrected chi connectivity index (χ3v) is 2.81. The standard InChI is InChI=1S/C11H19N5O/c1-2-5-12-6-10-8-16(15-14-10)7-9-3-4-11(17)13-9/h8-9,12H,2-7H2,1H3,(H,13,17). The Kier molecular flexibility index (Phi) is 4.08. The molecule has 1 aromatic rings. The third kappa shape index (κ3) is 3.52. The summed E-state index contributed by atoms with van der Waals surface area (Å²) in [6, 6.07) is 0.209. The van der Waals surface area contributed by atoms with E-state index in [1.165, 1.54) is 0 Å². The molecule has 1 atom stereocenters. The second-order valence-corrected chi connectivity index (χ2v) is 4.41. The fraction of sp³-hybridized carbons (Fsp3) is 0.727. The zero-order chi connectivity index (χ0) is 12.1. The lowest BCUT2D eigenvalue weighted by molar-refractivity contribution is -0.119. The molecule has 0 spiro atoms. The highest BCUT2D eigenvalue weighted by Gasteiger charge is 2.21. The Morgan fingerprint density at radius 3 is 3.24 bits per heavy atom. The quantitative estimate of drug-likeness (QED) is 0.686. The van der Waals surface area contributed by atoms with E-state index in [-0.39, 0.29) is 11.9 Å². The second kappa shape index (κ2) is 5.77. The summed E-state index contributed by atoms with van der Waals surface area (Å²) in [6.07, 6.45) is 4.57. The lowest BCUT2D eigenvalue weighted by Crippen LogP contribution is -2.29. The fourth-order valence-electron chi connectivity index (χ4n) is 1.94. The first-order valence-corrected chi connectivity index (χ1v) is 6.17. The zero-order valence-corrected chi connectivity index (χ0v) is 10.1. The van der Waals surface area contributed by atoms with Crippen LogP contribution in [0.15, 0.2) is 6.20 Å². The Morgan fingerprint density at radius 1 is 1.65 bits per heavy atom. The summed E-state index contributed by atoms with van der Waals surface area (Å²) in [7, 11) is 0. The molecule has 0 bridgehead atoms. The first-order chi connectivity index (χ1) is 8.28. The molecule has 2 heterocycles. The average Bonchev–Trinajstić information content (AvgIpc) is 2.90. The molecule has 94 valence electrons. The number of nitrogens with one attached hydrogen (secondary N) is 2. The van der Waals surface area contributed by atoms with Gasteiger partial charge >= 0.3 is 0 Å². The van der Waals surface area contributed by atoms with E-state index in [4.69, 9.17) is 0 Å². The van der Waals surface area contributed by atoms with Gasteiger partial charge in [-0.1, -0.05) is 12.1 Å². The van der Waals surface area contributed by atoms with Crippen molar-refractivity contribution in [2.45, 2.75) is 45.3 Å². The van der Waals surface area contributed by atoms with Gasteiger partial charge in [-0.3, -0.25) is 9.48 Å². The van der Waals surface area contributed by atoms with Gasteiger partial charge in [0.2, 0.25) is 5.91 Å². The Labute approximate surface area is 101 Å². The molecule has 6 nitrogen and oxygen atoms in total. The number of aromatic nitrogens is 3. The maximum atomic E-state index is 11.1.